The third kappa shape index (κ3) is 5.10. The van der Waals surface area contributed by atoms with Crippen molar-refractivity contribution in [2.24, 2.45) is 0 Å². The minimum absolute atomic E-state index is 0.332. The average Bonchev–Trinajstić information content (AvgIpc) is 3.25. The first-order valence-corrected chi connectivity index (χ1v) is 12.8. The van der Waals surface area contributed by atoms with E-state index in [0.717, 1.165) is 55.1 Å². The van der Waals surface area contributed by atoms with Gasteiger partial charge in [-0.15, -0.1) is 0 Å². The van der Waals surface area contributed by atoms with Crippen molar-refractivity contribution in [3.63, 3.8) is 0 Å². The summed E-state index contributed by atoms with van der Waals surface area (Å²) in [6, 6.07) is 10.1. The molecule has 5 rings (SSSR count). The van der Waals surface area contributed by atoms with Gasteiger partial charge in [-0.05, 0) is 93.6 Å². The van der Waals surface area contributed by atoms with Crippen LogP contribution in [0.1, 0.15) is 56.4 Å². The molecule has 3 aromatic rings. The van der Waals surface area contributed by atoms with Crippen LogP contribution in [0.4, 0.5) is 0 Å². The fraction of sp³-hybridized carbons (Fsp3) is 0.481. The van der Waals surface area contributed by atoms with E-state index in [1.807, 2.05) is 36.7 Å². The van der Waals surface area contributed by atoms with Gasteiger partial charge in [0.15, 0.2) is 0 Å². The number of amides is 1. The van der Waals surface area contributed by atoms with Gasteiger partial charge in [-0.3, -0.25) is 9.78 Å². The van der Waals surface area contributed by atoms with Crippen LogP contribution in [0.25, 0.3) is 16.6 Å². The van der Waals surface area contributed by atoms with Crippen molar-refractivity contribution in [1.29, 1.82) is 0 Å². The maximum Gasteiger partial charge on any atom is 0.222 e. The fourth-order valence-corrected chi connectivity index (χ4v) is 5.60. The van der Waals surface area contributed by atoms with Crippen LogP contribution in [0.2, 0.25) is 5.02 Å². The molecule has 0 saturated carbocycles. The molecule has 4 heterocycles. The molecule has 33 heavy (non-hydrogen) atoms. The Morgan fingerprint density at radius 3 is 2.52 bits per heavy atom. The molecule has 0 radical (unpaired) electrons. The molecular weight excluding hydrogens is 432 g/mol. The van der Waals surface area contributed by atoms with Gasteiger partial charge in [0.05, 0.1) is 11.7 Å². The summed E-state index contributed by atoms with van der Waals surface area (Å²) in [4.78, 5) is 21.8. The number of nitrogens with zero attached hydrogens (tertiary/aromatic N) is 4. The third-order valence-electron chi connectivity index (χ3n) is 7.34. The van der Waals surface area contributed by atoms with Crippen molar-refractivity contribution in [3.05, 3.63) is 59.5 Å². The predicted octanol–water partition coefficient (Wildman–Crippen LogP) is 5.65. The van der Waals surface area contributed by atoms with Crippen molar-refractivity contribution < 1.29 is 4.79 Å². The first kappa shape index (κ1) is 22.4. The Balaban J connectivity index is 1.22. The summed E-state index contributed by atoms with van der Waals surface area (Å²) in [7, 11) is 0. The van der Waals surface area contributed by atoms with Crippen LogP contribution in [0, 0.1) is 0 Å². The molecule has 2 aliphatic heterocycles. The molecular formula is C27H33ClN4O. The van der Waals surface area contributed by atoms with Gasteiger partial charge in [-0.25, -0.2) is 0 Å². The highest BCUT2D eigenvalue weighted by Crippen LogP contribution is 2.35. The van der Waals surface area contributed by atoms with Crippen LogP contribution in [-0.4, -0.2) is 58.0 Å². The SMILES string of the molecule is O=C(CCCN1CCCCC1)N1CCC(c2cn(-c3ccc(Cl)cc3)c3cnccc23)CC1. The lowest BCUT2D eigenvalue weighted by molar-refractivity contribution is -0.132. The van der Waals surface area contributed by atoms with E-state index < -0.39 is 0 Å². The van der Waals surface area contributed by atoms with Crippen LogP contribution in [-0.2, 0) is 4.79 Å². The Bertz CT molecular complexity index is 1080. The molecule has 1 aromatic carbocycles. The smallest absolute Gasteiger partial charge is 0.222 e. The van der Waals surface area contributed by atoms with E-state index in [1.165, 1.54) is 43.3 Å². The first-order valence-electron chi connectivity index (χ1n) is 12.4. The summed E-state index contributed by atoms with van der Waals surface area (Å²) < 4.78 is 2.21. The van der Waals surface area contributed by atoms with Crippen molar-refractivity contribution >= 4 is 28.4 Å². The normalized spacial score (nSPS) is 18.2. The van der Waals surface area contributed by atoms with E-state index in [9.17, 15) is 4.79 Å². The third-order valence-corrected chi connectivity index (χ3v) is 7.60. The summed E-state index contributed by atoms with van der Waals surface area (Å²) >= 11 is 6.10. The number of fused-ring (bicyclic) bond motifs is 1. The van der Waals surface area contributed by atoms with Crippen molar-refractivity contribution in [2.75, 3.05) is 32.7 Å². The minimum Gasteiger partial charge on any atom is -0.343 e. The Morgan fingerprint density at radius 2 is 1.76 bits per heavy atom. The molecule has 0 atom stereocenters. The van der Waals surface area contributed by atoms with Gasteiger partial charge in [0.1, 0.15) is 0 Å². The number of carbonyl (C=O) groups is 1. The number of benzene rings is 1. The molecule has 0 bridgehead atoms. The molecule has 6 heteroatoms. The number of piperidine rings is 2. The number of rotatable bonds is 6. The highest BCUT2D eigenvalue weighted by Gasteiger charge is 2.26. The van der Waals surface area contributed by atoms with E-state index in [0.29, 0.717) is 18.2 Å². The summed E-state index contributed by atoms with van der Waals surface area (Å²) in [6.45, 7) is 5.19. The van der Waals surface area contributed by atoms with Crippen LogP contribution in [0.15, 0.2) is 48.9 Å². The minimum atomic E-state index is 0.332. The van der Waals surface area contributed by atoms with Crippen LogP contribution in [0.5, 0.6) is 0 Å². The van der Waals surface area contributed by atoms with Gasteiger partial charge in [0, 0.05) is 48.0 Å². The molecule has 5 nitrogen and oxygen atoms in total. The van der Waals surface area contributed by atoms with Crippen molar-refractivity contribution in [3.8, 4) is 5.69 Å². The molecule has 0 N–H and O–H groups in total. The first-order chi connectivity index (χ1) is 16.2. The molecule has 2 fully saturated rings. The van der Waals surface area contributed by atoms with Crippen molar-refractivity contribution in [2.45, 2.75) is 50.9 Å². The van der Waals surface area contributed by atoms with Crippen LogP contribution >= 0.6 is 11.6 Å². The maximum absolute atomic E-state index is 12.8. The van der Waals surface area contributed by atoms with E-state index in [4.69, 9.17) is 11.6 Å². The zero-order chi connectivity index (χ0) is 22.6. The highest BCUT2D eigenvalue weighted by atomic mass is 35.5. The quantitative estimate of drug-likeness (QED) is 0.473. The molecule has 2 aromatic heterocycles. The highest BCUT2D eigenvalue weighted by molar-refractivity contribution is 6.30. The van der Waals surface area contributed by atoms with Gasteiger partial charge in [-0.2, -0.15) is 0 Å². The average molecular weight is 465 g/mol. The number of aromatic nitrogens is 2. The Labute approximate surface area is 201 Å². The van der Waals surface area contributed by atoms with Gasteiger partial charge in [0.25, 0.3) is 0 Å². The monoisotopic (exact) mass is 464 g/mol. The van der Waals surface area contributed by atoms with Crippen molar-refractivity contribution in [1.82, 2.24) is 19.4 Å². The lowest BCUT2D eigenvalue weighted by atomic mass is 9.89. The van der Waals surface area contributed by atoms with E-state index in [2.05, 4.69) is 31.6 Å². The summed E-state index contributed by atoms with van der Waals surface area (Å²) in [5, 5.41) is 1.99. The fourth-order valence-electron chi connectivity index (χ4n) is 5.48. The van der Waals surface area contributed by atoms with Gasteiger partial charge in [-0.1, -0.05) is 18.0 Å². The molecule has 0 unspecified atom stereocenters. The van der Waals surface area contributed by atoms with E-state index in [1.54, 1.807) is 0 Å². The number of hydrogen-bond acceptors (Lipinski definition) is 3. The number of halogens is 1. The topological polar surface area (TPSA) is 41.4 Å². The zero-order valence-electron chi connectivity index (χ0n) is 19.3. The van der Waals surface area contributed by atoms with Gasteiger partial charge in [0.2, 0.25) is 5.91 Å². The summed E-state index contributed by atoms with van der Waals surface area (Å²) in [6.07, 6.45) is 13.8. The largest absolute Gasteiger partial charge is 0.343 e. The molecule has 2 aliphatic rings. The second kappa shape index (κ2) is 10.3. The standard InChI is InChI=1S/C27H33ClN4O/c28-22-6-8-23(9-7-22)32-20-25(24-10-13-29-19-26(24)32)21-11-17-31(18-12-21)27(33)5-4-16-30-14-2-1-3-15-30/h6-10,13,19-21H,1-5,11-12,14-18H2. The second-order valence-electron chi connectivity index (χ2n) is 9.48. The van der Waals surface area contributed by atoms with E-state index >= 15 is 0 Å². The zero-order valence-corrected chi connectivity index (χ0v) is 20.0. The Kier molecular flexibility index (Phi) is 6.98. The molecule has 1 amide bonds. The number of pyridine rings is 1. The molecule has 2 saturated heterocycles. The molecule has 174 valence electrons. The Morgan fingerprint density at radius 1 is 1.00 bits per heavy atom. The van der Waals surface area contributed by atoms with Gasteiger partial charge < -0.3 is 14.4 Å². The number of hydrogen-bond donors (Lipinski definition) is 0. The lowest BCUT2D eigenvalue weighted by Gasteiger charge is -2.32. The van der Waals surface area contributed by atoms with Crippen LogP contribution < -0.4 is 0 Å². The number of carbonyl (C=O) groups excluding carboxylic acids is 1. The number of likely N-dealkylation sites (tertiary alicyclic amines) is 2. The lowest BCUT2D eigenvalue weighted by Crippen LogP contribution is -2.38. The van der Waals surface area contributed by atoms with E-state index in [-0.39, 0.29) is 0 Å². The summed E-state index contributed by atoms with van der Waals surface area (Å²) in [5.41, 5.74) is 3.57. The van der Waals surface area contributed by atoms with Crippen LogP contribution in [0.3, 0.4) is 0 Å². The Hall–Kier alpha value is -2.37. The summed E-state index contributed by atoms with van der Waals surface area (Å²) in [5.74, 6) is 0.791. The predicted molar refractivity (Wildman–Crippen MR) is 134 cm³/mol. The van der Waals surface area contributed by atoms with Gasteiger partial charge >= 0.3 is 0 Å². The molecule has 0 spiro atoms. The maximum atomic E-state index is 12.8. The second-order valence-corrected chi connectivity index (χ2v) is 9.92. The molecule has 0 aliphatic carbocycles.